The van der Waals surface area contributed by atoms with Crippen molar-refractivity contribution in [2.24, 2.45) is 0 Å². The smallest absolute Gasteiger partial charge is 0.266 e. The first-order chi connectivity index (χ1) is 7.87. The first kappa shape index (κ1) is 13.8. The highest BCUT2D eigenvalue weighted by atomic mass is 28.4. The van der Waals surface area contributed by atoms with E-state index in [0.29, 0.717) is 5.95 Å². The third-order valence-electron chi connectivity index (χ3n) is 1.84. The highest BCUT2D eigenvalue weighted by Gasteiger charge is 2.19. The quantitative estimate of drug-likeness (QED) is 0.574. The molecule has 0 saturated heterocycles. The molecule has 0 saturated carbocycles. The van der Waals surface area contributed by atoms with Gasteiger partial charge in [-0.2, -0.15) is 0 Å². The molecule has 0 aromatic heterocycles. The average Bonchev–Trinajstić information content (AvgIpc) is 2.15. The van der Waals surface area contributed by atoms with Crippen LogP contribution in [0.2, 0.25) is 19.6 Å². The van der Waals surface area contributed by atoms with Crippen molar-refractivity contribution in [3.8, 4) is 0 Å². The van der Waals surface area contributed by atoms with E-state index in [1.165, 1.54) is 0 Å². The molecule has 0 amide bonds. The van der Waals surface area contributed by atoms with Gasteiger partial charge in [-0.3, -0.25) is 0 Å². The maximum absolute atomic E-state index is 5.93. The molecule has 0 spiro atoms. The van der Waals surface area contributed by atoms with E-state index in [0.717, 1.165) is 5.56 Å². The Morgan fingerprint density at radius 2 is 1.71 bits per heavy atom. The van der Waals surface area contributed by atoms with E-state index >= 15 is 0 Å². The second-order valence-corrected chi connectivity index (χ2v) is 9.68. The van der Waals surface area contributed by atoms with Gasteiger partial charge in [0.25, 0.3) is 5.95 Å². The van der Waals surface area contributed by atoms with Crippen LogP contribution in [0.1, 0.15) is 19.4 Å². The number of ether oxygens (including phenoxy) is 1. The van der Waals surface area contributed by atoms with Crippen LogP contribution in [0, 0.1) is 0 Å². The SMILES string of the molecule is CC(C)O/C(=C\c1ccccc1)O[Si](C)(C)C. The molecule has 3 heteroatoms. The predicted molar refractivity (Wildman–Crippen MR) is 75.1 cm³/mol. The molecule has 0 unspecified atom stereocenters. The zero-order chi connectivity index (χ0) is 12.9. The molecule has 0 N–H and O–H groups in total. The van der Waals surface area contributed by atoms with Gasteiger partial charge >= 0.3 is 0 Å². The van der Waals surface area contributed by atoms with Crippen molar-refractivity contribution in [3.63, 3.8) is 0 Å². The first-order valence-corrected chi connectivity index (χ1v) is 9.40. The summed E-state index contributed by atoms with van der Waals surface area (Å²) >= 11 is 0. The van der Waals surface area contributed by atoms with Crippen LogP contribution in [0.15, 0.2) is 36.3 Å². The van der Waals surface area contributed by atoms with E-state index < -0.39 is 8.32 Å². The van der Waals surface area contributed by atoms with Gasteiger partial charge in [-0.15, -0.1) is 0 Å². The highest BCUT2D eigenvalue weighted by Crippen LogP contribution is 2.16. The Bertz CT molecular complexity index is 364. The van der Waals surface area contributed by atoms with Crippen LogP contribution in [-0.2, 0) is 9.16 Å². The van der Waals surface area contributed by atoms with Gasteiger partial charge in [-0.1, -0.05) is 30.3 Å². The van der Waals surface area contributed by atoms with Crippen LogP contribution in [0.3, 0.4) is 0 Å². The van der Waals surface area contributed by atoms with Crippen molar-refractivity contribution in [2.45, 2.75) is 39.6 Å². The van der Waals surface area contributed by atoms with E-state index in [4.69, 9.17) is 9.16 Å². The lowest BCUT2D eigenvalue weighted by Crippen LogP contribution is -2.26. The molecule has 94 valence electrons. The summed E-state index contributed by atoms with van der Waals surface area (Å²) < 4.78 is 11.6. The van der Waals surface area contributed by atoms with Crippen molar-refractivity contribution >= 4 is 14.4 Å². The highest BCUT2D eigenvalue weighted by molar-refractivity contribution is 6.70. The van der Waals surface area contributed by atoms with Crippen molar-refractivity contribution in [3.05, 3.63) is 41.8 Å². The van der Waals surface area contributed by atoms with Gasteiger partial charge in [0, 0.05) is 6.08 Å². The Balaban J connectivity index is 2.86. The zero-order valence-corrected chi connectivity index (χ0v) is 12.4. The normalized spacial score (nSPS) is 12.7. The maximum atomic E-state index is 5.93. The molecule has 17 heavy (non-hydrogen) atoms. The minimum atomic E-state index is -1.63. The zero-order valence-electron chi connectivity index (χ0n) is 11.4. The number of hydrogen-bond donors (Lipinski definition) is 0. The second kappa shape index (κ2) is 5.91. The van der Waals surface area contributed by atoms with Gasteiger partial charge in [0.15, 0.2) is 0 Å². The summed E-state index contributed by atoms with van der Waals surface area (Å²) in [6.45, 7) is 10.5. The van der Waals surface area contributed by atoms with Crippen molar-refractivity contribution in [1.82, 2.24) is 0 Å². The van der Waals surface area contributed by atoms with Crippen molar-refractivity contribution < 1.29 is 9.16 Å². The molecule has 0 radical (unpaired) electrons. The van der Waals surface area contributed by atoms with E-state index in [1.54, 1.807) is 0 Å². The predicted octanol–water partition coefficient (Wildman–Crippen LogP) is 4.26. The molecule has 0 aliphatic heterocycles. The van der Waals surface area contributed by atoms with E-state index in [1.807, 2.05) is 50.3 Å². The summed E-state index contributed by atoms with van der Waals surface area (Å²) in [6.07, 6.45) is 2.08. The van der Waals surface area contributed by atoms with Gasteiger partial charge in [0.2, 0.25) is 8.32 Å². The Morgan fingerprint density at radius 1 is 1.12 bits per heavy atom. The molecule has 1 rings (SSSR count). The third kappa shape index (κ3) is 6.17. The van der Waals surface area contributed by atoms with Gasteiger partial charge in [-0.05, 0) is 39.1 Å². The standard InChI is InChI=1S/C14H22O2Si/c1-12(2)15-14(16-17(3,4)5)11-13-9-7-6-8-10-13/h6-12H,1-5H3/b14-11+. The van der Waals surface area contributed by atoms with E-state index in [2.05, 4.69) is 19.6 Å². The molecule has 0 aliphatic carbocycles. The molecule has 0 bridgehead atoms. The first-order valence-electron chi connectivity index (χ1n) is 5.99. The Labute approximate surface area is 105 Å². The molecule has 1 aromatic rings. The minimum absolute atomic E-state index is 0.126. The van der Waals surface area contributed by atoms with Crippen LogP contribution in [0.4, 0.5) is 0 Å². The lowest BCUT2D eigenvalue weighted by Gasteiger charge is -2.23. The largest absolute Gasteiger partial charge is 0.520 e. The molecule has 0 heterocycles. The van der Waals surface area contributed by atoms with Crippen LogP contribution >= 0.6 is 0 Å². The van der Waals surface area contributed by atoms with Crippen LogP contribution in [0.5, 0.6) is 0 Å². The summed E-state index contributed by atoms with van der Waals surface area (Å²) in [6, 6.07) is 10.1. The fourth-order valence-electron chi connectivity index (χ4n) is 1.31. The van der Waals surface area contributed by atoms with E-state index in [-0.39, 0.29) is 6.10 Å². The Hall–Kier alpha value is -1.22. The van der Waals surface area contributed by atoms with Gasteiger partial charge in [0.05, 0.1) is 6.10 Å². The lowest BCUT2D eigenvalue weighted by molar-refractivity contribution is 0.0639. The van der Waals surface area contributed by atoms with E-state index in [9.17, 15) is 0 Å². The summed E-state index contributed by atoms with van der Waals surface area (Å²) in [5, 5.41) is 0. The van der Waals surface area contributed by atoms with Gasteiger partial charge < -0.3 is 9.16 Å². The Kier molecular flexibility index (Phi) is 4.81. The van der Waals surface area contributed by atoms with Crippen LogP contribution < -0.4 is 0 Å². The molecule has 1 aromatic carbocycles. The van der Waals surface area contributed by atoms with Gasteiger partial charge in [-0.25, -0.2) is 0 Å². The number of benzene rings is 1. The van der Waals surface area contributed by atoms with Crippen LogP contribution in [-0.4, -0.2) is 14.4 Å². The second-order valence-electron chi connectivity index (χ2n) is 5.26. The molecular formula is C14H22O2Si. The van der Waals surface area contributed by atoms with Crippen molar-refractivity contribution in [2.75, 3.05) is 0 Å². The fourth-order valence-corrected chi connectivity index (χ4v) is 2.02. The molecule has 0 aliphatic rings. The molecular weight excluding hydrogens is 228 g/mol. The van der Waals surface area contributed by atoms with Crippen molar-refractivity contribution in [1.29, 1.82) is 0 Å². The lowest BCUT2D eigenvalue weighted by atomic mass is 10.2. The average molecular weight is 250 g/mol. The summed E-state index contributed by atoms with van der Waals surface area (Å²) in [5.74, 6) is 0.630. The maximum Gasteiger partial charge on any atom is 0.266 e. The summed E-state index contributed by atoms with van der Waals surface area (Å²) in [5.41, 5.74) is 1.10. The fraction of sp³-hybridized carbons (Fsp3) is 0.429. The Morgan fingerprint density at radius 3 is 2.18 bits per heavy atom. The van der Waals surface area contributed by atoms with Gasteiger partial charge in [0.1, 0.15) is 0 Å². The number of hydrogen-bond acceptors (Lipinski definition) is 2. The molecule has 2 nitrogen and oxygen atoms in total. The third-order valence-corrected chi connectivity index (χ3v) is 2.66. The topological polar surface area (TPSA) is 18.5 Å². The minimum Gasteiger partial charge on any atom is -0.520 e. The number of rotatable bonds is 5. The summed E-state index contributed by atoms with van der Waals surface area (Å²) in [7, 11) is -1.63. The monoisotopic (exact) mass is 250 g/mol. The van der Waals surface area contributed by atoms with Crippen LogP contribution in [0.25, 0.3) is 6.08 Å². The molecule has 0 fully saturated rings. The molecule has 0 atom stereocenters. The summed E-state index contributed by atoms with van der Waals surface area (Å²) in [4.78, 5) is 0.